The van der Waals surface area contributed by atoms with E-state index < -0.39 is 0 Å². The van der Waals surface area contributed by atoms with E-state index in [0.717, 1.165) is 16.9 Å². The van der Waals surface area contributed by atoms with E-state index in [1.54, 1.807) is 0 Å². The molecule has 1 aromatic carbocycles. The van der Waals surface area contributed by atoms with E-state index in [4.69, 9.17) is 5.73 Å². The summed E-state index contributed by atoms with van der Waals surface area (Å²) >= 11 is 1.40. The quantitative estimate of drug-likeness (QED) is 0.805. The van der Waals surface area contributed by atoms with Crippen LogP contribution in [-0.4, -0.2) is 11.0 Å². The summed E-state index contributed by atoms with van der Waals surface area (Å²) in [6.07, 6.45) is 0. The fourth-order valence-electron chi connectivity index (χ4n) is 1.54. The van der Waals surface area contributed by atoms with E-state index >= 15 is 0 Å². The number of nitrogens with zero attached hydrogens (tertiary/aromatic N) is 1. The molecule has 0 aliphatic rings. The van der Waals surface area contributed by atoms with E-state index in [-0.39, 0.29) is 12.1 Å². The molecule has 0 spiro atoms. The zero-order valence-electron chi connectivity index (χ0n) is 10.8. The van der Waals surface area contributed by atoms with Gasteiger partial charge in [0.25, 0.3) is 0 Å². The van der Waals surface area contributed by atoms with Gasteiger partial charge >= 0.3 is 6.03 Å². The molecule has 19 heavy (non-hydrogen) atoms. The lowest BCUT2D eigenvalue weighted by Crippen LogP contribution is -2.19. The molecule has 0 bridgehead atoms. The summed E-state index contributed by atoms with van der Waals surface area (Å²) in [5.74, 6) is 0. The van der Waals surface area contributed by atoms with Gasteiger partial charge in [-0.2, -0.15) is 0 Å². The molecule has 0 radical (unpaired) electrons. The van der Waals surface area contributed by atoms with E-state index in [0.29, 0.717) is 5.13 Å². The largest absolute Gasteiger partial charge is 0.325 e. The Hall–Kier alpha value is -1.92. The van der Waals surface area contributed by atoms with E-state index in [1.807, 2.05) is 43.5 Å². The number of nitrogens with two attached hydrogens (primary N) is 1. The molecule has 0 aliphatic heterocycles. The third-order valence-corrected chi connectivity index (χ3v) is 3.41. The summed E-state index contributed by atoms with van der Waals surface area (Å²) in [6.45, 7) is 3.80. The Kier molecular flexibility index (Phi) is 4.13. The predicted molar refractivity (Wildman–Crippen MR) is 78.5 cm³/mol. The number of urea groups is 1. The molecule has 1 unspecified atom stereocenters. The second-order valence-corrected chi connectivity index (χ2v) is 5.14. The number of carbonyl (C=O) groups is 1. The first kappa shape index (κ1) is 13.5. The van der Waals surface area contributed by atoms with Crippen LogP contribution in [0.25, 0.3) is 0 Å². The van der Waals surface area contributed by atoms with Crippen molar-refractivity contribution >= 4 is 28.2 Å². The standard InChI is InChI=1S/C13H16N4OS/c1-8-7-19-13(15-8)17-12(18)16-11-5-3-10(4-6-11)9(2)14/h3-7,9H,14H2,1-2H3,(H2,15,16,17,18). The Morgan fingerprint density at radius 3 is 2.53 bits per heavy atom. The third-order valence-electron chi connectivity index (χ3n) is 2.53. The third kappa shape index (κ3) is 3.77. The van der Waals surface area contributed by atoms with Gasteiger partial charge in [-0.3, -0.25) is 5.32 Å². The minimum Gasteiger partial charge on any atom is -0.324 e. The number of hydrogen-bond acceptors (Lipinski definition) is 4. The zero-order valence-corrected chi connectivity index (χ0v) is 11.6. The number of aryl methyl sites for hydroxylation is 1. The Bertz CT molecular complexity index is 562. The summed E-state index contributed by atoms with van der Waals surface area (Å²) in [5.41, 5.74) is 8.40. The Morgan fingerprint density at radius 1 is 1.32 bits per heavy atom. The van der Waals surface area contributed by atoms with Gasteiger partial charge in [0.15, 0.2) is 5.13 Å². The first-order valence-corrected chi connectivity index (χ1v) is 6.78. The van der Waals surface area contributed by atoms with Crippen molar-refractivity contribution < 1.29 is 4.79 Å². The topological polar surface area (TPSA) is 80.0 Å². The van der Waals surface area contributed by atoms with Crippen molar-refractivity contribution in [1.29, 1.82) is 0 Å². The van der Waals surface area contributed by atoms with Crippen LogP contribution in [0.5, 0.6) is 0 Å². The number of nitrogens with one attached hydrogen (secondary N) is 2. The van der Waals surface area contributed by atoms with Gasteiger partial charge in [0, 0.05) is 17.1 Å². The average molecular weight is 276 g/mol. The average Bonchev–Trinajstić information content (AvgIpc) is 2.75. The highest BCUT2D eigenvalue weighted by Crippen LogP contribution is 2.16. The number of rotatable bonds is 3. The zero-order chi connectivity index (χ0) is 13.8. The van der Waals surface area contributed by atoms with Crippen molar-refractivity contribution in [2.75, 3.05) is 10.6 Å². The molecular formula is C13H16N4OS. The molecule has 5 nitrogen and oxygen atoms in total. The van der Waals surface area contributed by atoms with Crippen LogP contribution in [0.4, 0.5) is 15.6 Å². The molecule has 1 atom stereocenters. The maximum atomic E-state index is 11.7. The van der Waals surface area contributed by atoms with E-state index in [1.165, 1.54) is 11.3 Å². The molecule has 0 saturated heterocycles. The molecule has 2 aromatic rings. The Balaban J connectivity index is 1.95. The van der Waals surface area contributed by atoms with Crippen molar-refractivity contribution in [2.24, 2.45) is 5.73 Å². The number of benzene rings is 1. The van der Waals surface area contributed by atoms with Crippen molar-refractivity contribution in [3.63, 3.8) is 0 Å². The summed E-state index contributed by atoms with van der Waals surface area (Å²) in [4.78, 5) is 15.9. The summed E-state index contributed by atoms with van der Waals surface area (Å²) in [6, 6.07) is 7.13. The van der Waals surface area contributed by atoms with E-state index in [9.17, 15) is 4.79 Å². The van der Waals surface area contributed by atoms with Gasteiger partial charge in [-0.15, -0.1) is 11.3 Å². The molecule has 0 aliphatic carbocycles. The number of amides is 2. The first-order chi connectivity index (χ1) is 9.04. The van der Waals surface area contributed by atoms with Crippen LogP contribution >= 0.6 is 11.3 Å². The SMILES string of the molecule is Cc1csc(NC(=O)Nc2ccc(C(C)N)cc2)n1. The number of hydrogen-bond donors (Lipinski definition) is 3. The minimum atomic E-state index is -0.303. The fourth-order valence-corrected chi connectivity index (χ4v) is 2.22. The van der Waals surface area contributed by atoms with E-state index in [2.05, 4.69) is 15.6 Å². The van der Waals surface area contributed by atoms with Crippen LogP contribution in [0.3, 0.4) is 0 Å². The van der Waals surface area contributed by atoms with Crippen LogP contribution in [0.2, 0.25) is 0 Å². The molecule has 2 amide bonds. The number of thiazole rings is 1. The summed E-state index contributed by atoms with van der Waals surface area (Å²) in [7, 11) is 0. The van der Waals surface area contributed by atoms with Gasteiger partial charge in [0.1, 0.15) is 0 Å². The minimum absolute atomic E-state index is 0.0128. The fraction of sp³-hybridized carbons (Fsp3) is 0.231. The van der Waals surface area contributed by atoms with Gasteiger partial charge in [-0.1, -0.05) is 12.1 Å². The molecule has 2 rings (SSSR count). The molecule has 100 valence electrons. The first-order valence-electron chi connectivity index (χ1n) is 5.90. The highest BCUT2D eigenvalue weighted by atomic mass is 32.1. The van der Waals surface area contributed by atoms with Gasteiger partial charge in [-0.25, -0.2) is 9.78 Å². The second-order valence-electron chi connectivity index (χ2n) is 4.28. The molecule has 4 N–H and O–H groups in total. The molecule has 1 heterocycles. The van der Waals surface area contributed by atoms with Crippen LogP contribution in [-0.2, 0) is 0 Å². The highest BCUT2D eigenvalue weighted by Gasteiger charge is 2.06. The summed E-state index contributed by atoms with van der Waals surface area (Å²) in [5, 5.41) is 7.89. The Morgan fingerprint density at radius 2 is 2.00 bits per heavy atom. The lowest BCUT2D eigenvalue weighted by molar-refractivity contribution is 0.262. The second kappa shape index (κ2) is 5.81. The summed E-state index contributed by atoms with van der Waals surface area (Å²) < 4.78 is 0. The molecule has 0 fully saturated rings. The van der Waals surface area contributed by atoms with Gasteiger partial charge in [0.2, 0.25) is 0 Å². The van der Waals surface area contributed by atoms with Gasteiger partial charge in [0.05, 0.1) is 5.69 Å². The van der Waals surface area contributed by atoms with Crippen LogP contribution in [0.15, 0.2) is 29.6 Å². The van der Waals surface area contributed by atoms with Crippen LogP contribution in [0.1, 0.15) is 24.2 Å². The lowest BCUT2D eigenvalue weighted by atomic mass is 10.1. The normalized spacial score (nSPS) is 11.9. The van der Waals surface area contributed by atoms with Crippen molar-refractivity contribution in [3.05, 3.63) is 40.9 Å². The van der Waals surface area contributed by atoms with Crippen molar-refractivity contribution in [2.45, 2.75) is 19.9 Å². The smallest absolute Gasteiger partial charge is 0.324 e. The lowest BCUT2D eigenvalue weighted by Gasteiger charge is -2.08. The van der Waals surface area contributed by atoms with Gasteiger partial charge < -0.3 is 11.1 Å². The van der Waals surface area contributed by atoms with Crippen LogP contribution < -0.4 is 16.4 Å². The number of anilines is 2. The van der Waals surface area contributed by atoms with Crippen LogP contribution in [0, 0.1) is 6.92 Å². The molecular weight excluding hydrogens is 260 g/mol. The maximum absolute atomic E-state index is 11.7. The van der Waals surface area contributed by atoms with Gasteiger partial charge in [-0.05, 0) is 31.5 Å². The number of carbonyl (C=O) groups excluding carboxylic acids is 1. The van der Waals surface area contributed by atoms with Crippen molar-refractivity contribution in [3.8, 4) is 0 Å². The molecule has 1 aromatic heterocycles. The Labute approximate surface area is 115 Å². The maximum Gasteiger partial charge on any atom is 0.325 e. The molecule has 0 saturated carbocycles. The number of aromatic nitrogens is 1. The highest BCUT2D eigenvalue weighted by molar-refractivity contribution is 7.13. The monoisotopic (exact) mass is 276 g/mol. The predicted octanol–water partition coefficient (Wildman–Crippen LogP) is 3.12. The van der Waals surface area contributed by atoms with Crippen molar-refractivity contribution in [1.82, 2.24) is 4.98 Å². The molecule has 6 heteroatoms.